The van der Waals surface area contributed by atoms with Gasteiger partial charge in [0.15, 0.2) is 0 Å². The normalized spacial score (nSPS) is 10.2. The second-order valence-corrected chi connectivity index (χ2v) is 2.43. The number of rotatable bonds is 4. The monoisotopic (exact) mass is 228 g/mol. The fraction of sp³-hybridized carbons (Fsp3) is 0. The van der Waals surface area contributed by atoms with Crippen LogP contribution in [-0.2, 0) is 0 Å². The molecule has 0 heterocycles. The number of nitro benzene ring substituents is 2. The molecule has 10 heteroatoms. The molecule has 0 aliphatic rings. The minimum absolute atomic E-state index is 0.367. The molecule has 0 fully saturated rings. The van der Waals surface area contributed by atoms with Crippen molar-refractivity contribution in [2.24, 2.45) is 10.6 Å². The van der Waals surface area contributed by atoms with Crippen molar-refractivity contribution in [3.05, 3.63) is 38.4 Å². The van der Waals surface area contributed by atoms with Crippen molar-refractivity contribution in [3.63, 3.8) is 0 Å². The lowest BCUT2D eigenvalue weighted by molar-refractivity contribution is -0.394. The zero-order chi connectivity index (χ0) is 12.1. The average molecular weight is 228 g/mol. The highest BCUT2D eigenvalue weighted by Crippen LogP contribution is 2.30. The van der Waals surface area contributed by atoms with Gasteiger partial charge in [-0.05, 0) is 6.07 Å². The van der Waals surface area contributed by atoms with Gasteiger partial charge in [-0.3, -0.25) is 20.2 Å². The molecule has 0 saturated heterocycles. The number of hydrogen-bond acceptors (Lipinski definition) is 7. The molecule has 0 amide bonds. The molecular weight excluding hydrogens is 224 g/mol. The van der Waals surface area contributed by atoms with Gasteiger partial charge in [-0.15, -0.1) is 0 Å². The SMILES string of the molecule is O=[N+]([O-])c1ccc(O/N=N\O)c([N+](=O)[O-])c1. The van der Waals surface area contributed by atoms with E-state index in [1.807, 2.05) is 0 Å². The average Bonchev–Trinajstić information content (AvgIpc) is 2.25. The van der Waals surface area contributed by atoms with Gasteiger partial charge in [-0.25, -0.2) is 0 Å². The first-order chi connectivity index (χ1) is 7.56. The molecule has 10 nitrogen and oxygen atoms in total. The van der Waals surface area contributed by atoms with E-state index in [2.05, 4.69) is 15.4 Å². The van der Waals surface area contributed by atoms with E-state index >= 15 is 0 Å². The Labute approximate surface area is 87.0 Å². The van der Waals surface area contributed by atoms with Crippen molar-refractivity contribution in [2.75, 3.05) is 0 Å². The molecule has 0 unspecified atom stereocenters. The number of benzene rings is 1. The van der Waals surface area contributed by atoms with Gasteiger partial charge in [0.1, 0.15) is 0 Å². The van der Waals surface area contributed by atoms with Gasteiger partial charge >= 0.3 is 5.69 Å². The fourth-order valence-corrected chi connectivity index (χ4v) is 0.901. The third-order valence-electron chi connectivity index (χ3n) is 1.53. The molecule has 0 aliphatic heterocycles. The summed E-state index contributed by atoms with van der Waals surface area (Å²) in [5, 5.41) is 33.7. The summed E-state index contributed by atoms with van der Waals surface area (Å²) < 4.78 is 0. The Kier molecular flexibility index (Phi) is 3.27. The van der Waals surface area contributed by atoms with Crippen LogP contribution in [-0.4, -0.2) is 15.1 Å². The van der Waals surface area contributed by atoms with E-state index < -0.39 is 21.2 Å². The first-order valence-corrected chi connectivity index (χ1v) is 3.70. The lowest BCUT2D eigenvalue weighted by atomic mass is 10.2. The van der Waals surface area contributed by atoms with Crippen LogP contribution in [0.2, 0.25) is 0 Å². The topological polar surface area (TPSA) is 140 Å². The van der Waals surface area contributed by atoms with Crippen LogP contribution in [0.3, 0.4) is 0 Å². The Bertz CT molecular complexity index is 458. The lowest BCUT2D eigenvalue weighted by Crippen LogP contribution is -1.95. The van der Waals surface area contributed by atoms with Gasteiger partial charge in [-0.1, -0.05) is 0 Å². The third kappa shape index (κ3) is 2.37. The predicted octanol–water partition coefficient (Wildman–Crippen LogP) is 1.64. The smallest absolute Gasteiger partial charge is 0.321 e. The molecule has 0 saturated carbocycles. The molecule has 0 aromatic heterocycles. The van der Waals surface area contributed by atoms with Crippen molar-refractivity contribution in [2.45, 2.75) is 0 Å². The Balaban J connectivity index is 3.19. The summed E-state index contributed by atoms with van der Waals surface area (Å²) in [5.41, 5.74) is -1.11. The van der Waals surface area contributed by atoms with Crippen LogP contribution < -0.4 is 4.84 Å². The quantitative estimate of drug-likeness (QED) is 0.471. The summed E-state index contributed by atoms with van der Waals surface area (Å²) in [6.07, 6.45) is 0. The number of nitrogens with zero attached hydrogens (tertiary/aromatic N) is 4. The van der Waals surface area contributed by atoms with Crippen LogP contribution in [0.15, 0.2) is 28.8 Å². The number of hydrogen-bond donors (Lipinski definition) is 1. The van der Waals surface area contributed by atoms with Crippen LogP contribution in [0.5, 0.6) is 5.75 Å². The molecule has 1 aromatic rings. The maximum absolute atomic E-state index is 10.5. The summed E-state index contributed by atoms with van der Waals surface area (Å²) in [5.74, 6) is -0.367. The van der Waals surface area contributed by atoms with Gasteiger partial charge in [0.2, 0.25) is 5.75 Å². The van der Waals surface area contributed by atoms with Crippen LogP contribution >= 0.6 is 0 Å². The first-order valence-electron chi connectivity index (χ1n) is 3.70. The van der Waals surface area contributed by atoms with E-state index in [1.165, 1.54) is 0 Å². The fourth-order valence-electron chi connectivity index (χ4n) is 0.901. The Morgan fingerprint density at radius 1 is 1.25 bits per heavy atom. The highest BCUT2D eigenvalue weighted by atomic mass is 16.7. The predicted molar refractivity (Wildman–Crippen MR) is 47.0 cm³/mol. The van der Waals surface area contributed by atoms with Crippen molar-refractivity contribution in [1.29, 1.82) is 0 Å². The highest BCUT2D eigenvalue weighted by Gasteiger charge is 2.21. The highest BCUT2D eigenvalue weighted by molar-refractivity contribution is 5.53. The molecule has 0 bridgehead atoms. The van der Waals surface area contributed by atoms with E-state index in [0.29, 0.717) is 6.07 Å². The lowest BCUT2D eigenvalue weighted by Gasteiger charge is -1.98. The van der Waals surface area contributed by atoms with E-state index in [-0.39, 0.29) is 5.75 Å². The van der Waals surface area contributed by atoms with Gasteiger partial charge in [0, 0.05) is 6.07 Å². The van der Waals surface area contributed by atoms with Crippen LogP contribution in [0.4, 0.5) is 11.4 Å². The van der Waals surface area contributed by atoms with Crippen molar-refractivity contribution in [1.82, 2.24) is 0 Å². The van der Waals surface area contributed by atoms with Gasteiger partial charge in [0.05, 0.1) is 26.5 Å². The summed E-state index contributed by atoms with van der Waals surface area (Å²) in [4.78, 5) is 23.5. The Morgan fingerprint density at radius 2 is 1.94 bits per heavy atom. The molecule has 16 heavy (non-hydrogen) atoms. The van der Waals surface area contributed by atoms with Crippen molar-refractivity contribution < 1.29 is 19.9 Å². The minimum Gasteiger partial charge on any atom is -0.392 e. The van der Waals surface area contributed by atoms with Crippen LogP contribution in [0, 0.1) is 20.2 Å². The van der Waals surface area contributed by atoms with E-state index in [4.69, 9.17) is 5.21 Å². The van der Waals surface area contributed by atoms with Gasteiger partial charge < -0.3 is 10.0 Å². The molecule has 0 aliphatic carbocycles. The molecule has 1 N–H and O–H groups in total. The summed E-state index contributed by atoms with van der Waals surface area (Å²) in [7, 11) is 0. The molecule has 0 spiro atoms. The molecule has 1 rings (SSSR count). The van der Waals surface area contributed by atoms with E-state index in [0.717, 1.165) is 12.1 Å². The van der Waals surface area contributed by atoms with Gasteiger partial charge in [-0.2, -0.15) is 0 Å². The maximum Gasteiger partial charge on any atom is 0.321 e. The second-order valence-electron chi connectivity index (χ2n) is 2.43. The second kappa shape index (κ2) is 4.63. The summed E-state index contributed by atoms with van der Waals surface area (Å²) >= 11 is 0. The Morgan fingerprint density at radius 3 is 2.44 bits per heavy atom. The molecular formula is C6H4N4O6. The molecule has 0 atom stereocenters. The number of non-ortho nitro benzene ring substituents is 1. The molecule has 84 valence electrons. The first kappa shape index (κ1) is 11.3. The van der Waals surface area contributed by atoms with E-state index in [1.54, 1.807) is 0 Å². The summed E-state index contributed by atoms with van der Waals surface area (Å²) in [6.45, 7) is 0. The Hall–Kier alpha value is -2.78. The zero-order valence-corrected chi connectivity index (χ0v) is 7.51. The summed E-state index contributed by atoms with van der Waals surface area (Å²) in [6, 6.07) is 2.68. The third-order valence-corrected chi connectivity index (χ3v) is 1.53. The van der Waals surface area contributed by atoms with Crippen molar-refractivity contribution in [3.8, 4) is 5.75 Å². The largest absolute Gasteiger partial charge is 0.392 e. The van der Waals surface area contributed by atoms with Crippen LogP contribution in [0.25, 0.3) is 0 Å². The van der Waals surface area contributed by atoms with Crippen molar-refractivity contribution >= 4 is 11.4 Å². The van der Waals surface area contributed by atoms with Crippen LogP contribution in [0.1, 0.15) is 0 Å². The number of nitro groups is 2. The van der Waals surface area contributed by atoms with Gasteiger partial charge in [0.25, 0.3) is 5.69 Å². The maximum atomic E-state index is 10.5. The minimum atomic E-state index is -0.880. The van der Waals surface area contributed by atoms with E-state index in [9.17, 15) is 20.2 Å². The molecule has 0 radical (unpaired) electrons. The molecule has 1 aromatic carbocycles. The standard InChI is InChI=1S/C6H4N4O6/c11-7-8-16-6-2-1-4(9(12)13)3-5(6)10(14)15/h1-3H,(H,8,11). The zero-order valence-electron chi connectivity index (χ0n) is 7.51.